The summed E-state index contributed by atoms with van der Waals surface area (Å²) in [6.45, 7) is 3.45. The molecule has 0 amide bonds. The Morgan fingerprint density at radius 2 is 2.11 bits per heavy atom. The van der Waals surface area contributed by atoms with E-state index in [1.807, 2.05) is 6.92 Å². The zero-order valence-corrected chi connectivity index (χ0v) is 11.4. The van der Waals surface area contributed by atoms with Gasteiger partial charge in [-0.05, 0) is 32.6 Å². The molecule has 0 radical (unpaired) electrons. The number of alkyl halides is 3. The van der Waals surface area contributed by atoms with Gasteiger partial charge in [-0.25, -0.2) is 0 Å². The summed E-state index contributed by atoms with van der Waals surface area (Å²) >= 11 is 0.0875. The van der Waals surface area contributed by atoms with E-state index in [1.165, 1.54) is 12.8 Å². The molecule has 2 nitrogen and oxygen atoms in total. The van der Waals surface area contributed by atoms with Crippen LogP contribution >= 0.6 is 11.8 Å². The van der Waals surface area contributed by atoms with Gasteiger partial charge >= 0.3 is 5.51 Å². The van der Waals surface area contributed by atoms with Gasteiger partial charge in [-0.15, -0.1) is 0 Å². The highest BCUT2D eigenvalue weighted by atomic mass is 32.2. The van der Waals surface area contributed by atoms with E-state index < -0.39 is 5.51 Å². The van der Waals surface area contributed by atoms with Gasteiger partial charge < -0.3 is 10.1 Å². The molecule has 0 aromatic heterocycles. The quantitative estimate of drug-likeness (QED) is 0.809. The third kappa shape index (κ3) is 4.03. The van der Waals surface area contributed by atoms with Crippen LogP contribution in [0.5, 0.6) is 0 Å². The molecule has 2 fully saturated rings. The van der Waals surface area contributed by atoms with E-state index >= 15 is 0 Å². The minimum absolute atomic E-state index is 0.0533. The number of ether oxygens (including phenoxy) is 1. The molecule has 1 N–H and O–H groups in total. The maximum atomic E-state index is 12.2. The predicted molar refractivity (Wildman–Crippen MR) is 66.6 cm³/mol. The molecule has 2 atom stereocenters. The topological polar surface area (TPSA) is 21.3 Å². The lowest BCUT2D eigenvalue weighted by atomic mass is 9.79. The van der Waals surface area contributed by atoms with Crippen molar-refractivity contribution in [2.75, 3.05) is 18.9 Å². The average Bonchev–Trinajstić information content (AvgIpc) is 3.01. The maximum absolute atomic E-state index is 12.2. The highest BCUT2D eigenvalue weighted by Gasteiger charge is 2.42. The highest BCUT2D eigenvalue weighted by molar-refractivity contribution is 8.00. The lowest BCUT2D eigenvalue weighted by Crippen LogP contribution is -2.41. The van der Waals surface area contributed by atoms with Crippen LogP contribution in [-0.2, 0) is 4.74 Å². The van der Waals surface area contributed by atoms with Crippen molar-refractivity contribution in [3.05, 3.63) is 0 Å². The van der Waals surface area contributed by atoms with Crippen LogP contribution in [0.15, 0.2) is 0 Å². The zero-order valence-electron chi connectivity index (χ0n) is 10.6. The smallest absolute Gasteiger partial charge is 0.378 e. The SMILES string of the molecule is CC1OCCC1(CCSC(F)(F)F)CNC1CC1. The summed E-state index contributed by atoms with van der Waals surface area (Å²) in [5.41, 5.74) is -4.23. The molecule has 1 aliphatic carbocycles. The first-order valence-corrected chi connectivity index (χ1v) is 7.46. The Morgan fingerprint density at radius 3 is 2.61 bits per heavy atom. The number of thioether (sulfide) groups is 1. The van der Waals surface area contributed by atoms with Gasteiger partial charge in [0.15, 0.2) is 0 Å². The molecule has 0 aromatic rings. The molecular weight excluding hydrogens is 263 g/mol. The molecule has 2 aliphatic rings. The summed E-state index contributed by atoms with van der Waals surface area (Å²) in [6, 6.07) is 0.588. The van der Waals surface area contributed by atoms with Crippen LogP contribution < -0.4 is 5.32 Å². The van der Waals surface area contributed by atoms with Crippen molar-refractivity contribution in [3.63, 3.8) is 0 Å². The summed E-state index contributed by atoms with van der Waals surface area (Å²) < 4.78 is 42.1. The summed E-state index contributed by atoms with van der Waals surface area (Å²) in [5.74, 6) is 0.129. The van der Waals surface area contributed by atoms with Gasteiger partial charge in [-0.2, -0.15) is 13.2 Å². The largest absolute Gasteiger partial charge is 0.441 e. The molecule has 106 valence electrons. The van der Waals surface area contributed by atoms with E-state index in [4.69, 9.17) is 4.74 Å². The van der Waals surface area contributed by atoms with Crippen molar-refractivity contribution in [1.82, 2.24) is 5.32 Å². The lowest BCUT2D eigenvalue weighted by molar-refractivity contribution is -0.0330. The van der Waals surface area contributed by atoms with Gasteiger partial charge in [0, 0.05) is 30.4 Å². The van der Waals surface area contributed by atoms with Gasteiger partial charge in [-0.1, -0.05) is 11.8 Å². The summed E-state index contributed by atoms with van der Waals surface area (Å²) in [7, 11) is 0. The van der Waals surface area contributed by atoms with Gasteiger partial charge in [0.05, 0.1) is 6.10 Å². The fraction of sp³-hybridized carbons (Fsp3) is 1.00. The molecule has 1 heterocycles. The molecule has 0 aromatic carbocycles. The molecule has 6 heteroatoms. The number of halogens is 3. The Morgan fingerprint density at radius 1 is 1.39 bits per heavy atom. The second kappa shape index (κ2) is 5.59. The van der Waals surface area contributed by atoms with Crippen molar-refractivity contribution in [3.8, 4) is 0 Å². The molecular formula is C12H20F3NOS. The minimum Gasteiger partial charge on any atom is -0.378 e. The van der Waals surface area contributed by atoms with E-state index in [0.29, 0.717) is 19.1 Å². The highest BCUT2D eigenvalue weighted by Crippen LogP contribution is 2.41. The van der Waals surface area contributed by atoms with Crippen LogP contribution in [-0.4, -0.2) is 36.6 Å². The van der Waals surface area contributed by atoms with Crippen LogP contribution in [0.1, 0.15) is 32.6 Å². The fourth-order valence-electron chi connectivity index (χ4n) is 2.47. The molecule has 2 rings (SSSR count). The lowest BCUT2D eigenvalue weighted by Gasteiger charge is -2.32. The van der Waals surface area contributed by atoms with E-state index in [-0.39, 0.29) is 29.0 Å². The second-order valence-electron chi connectivity index (χ2n) is 5.32. The van der Waals surface area contributed by atoms with Gasteiger partial charge in [0.25, 0.3) is 0 Å². The number of hydrogen-bond donors (Lipinski definition) is 1. The van der Waals surface area contributed by atoms with Crippen LogP contribution in [0.2, 0.25) is 0 Å². The third-order valence-electron chi connectivity index (χ3n) is 4.02. The molecule has 0 spiro atoms. The third-order valence-corrected chi connectivity index (χ3v) is 4.75. The van der Waals surface area contributed by atoms with Crippen LogP contribution in [0.25, 0.3) is 0 Å². The monoisotopic (exact) mass is 283 g/mol. The number of rotatable bonds is 6. The number of nitrogens with one attached hydrogen (secondary N) is 1. The molecule has 1 aliphatic heterocycles. The number of hydrogen-bond acceptors (Lipinski definition) is 3. The summed E-state index contributed by atoms with van der Waals surface area (Å²) in [5, 5.41) is 3.45. The molecule has 1 saturated carbocycles. The normalized spacial score (nSPS) is 33.0. The first kappa shape index (κ1) is 14.5. The average molecular weight is 283 g/mol. The van der Waals surface area contributed by atoms with Crippen molar-refractivity contribution < 1.29 is 17.9 Å². The van der Waals surface area contributed by atoms with E-state index in [9.17, 15) is 13.2 Å². The van der Waals surface area contributed by atoms with Crippen LogP contribution in [0.4, 0.5) is 13.2 Å². The summed E-state index contributed by atoms with van der Waals surface area (Å²) in [6.07, 6.45) is 3.88. The van der Waals surface area contributed by atoms with E-state index in [1.54, 1.807) is 0 Å². The van der Waals surface area contributed by atoms with Crippen molar-refractivity contribution in [1.29, 1.82) is 0 Å². The Hall–Kier alpha value is 0.0600. The Balaban J connectivity index is 1.83. The molecule has 1 saturated heterocycles. The first-order chi connectivity index (χ1) is 8.41. The minimum atomic E-state index is -4.12. The predicted octanol–water partition coefficient (Wildman–Crippen LogP) is 3.18. The van der Waals surface area contributed by atoms with E-state index in [2.05, 4.69) is 5.32 Å². The Bertz CT molecular complexity index is 283. The van der Waals surface area contributed by atoms with Gasteiger partial charge in [-0.3, -0.25) is 0 Å². The Kier molecular flexibility index (Phi) is 4.49. The standard InChI is InChI=1S/C12H20F3NOS/c1-9-11(4-6-17-9,8-16-10-2-3-10)5-7-18-12(13,14)15/h9-10,16H,2-8H2,1H3. The van der Waals surface area contributed by atoms with Crippen molar-refractivity contribution in [2.24, 2.45) is 5.41 Å². The maximum Gasteiger partial charge on any atom is 0.441 e. The first-order valence-electron chi connectivity index (χ1n) is 6.47. The zero-order chi connectivity index (χ0) is 13.2. The van der Waals surface area contributed by atoms with Crippen molar-refractivity contribution in [2.45, 2.75) is 50.3 Å². The van der Waals surface area contributed by atoms with E-state index in [0.717, 1.165) is 13.0 Å². The fourth-order valence-corrected chi connectivity index (χ4v) is 3.21. The second-order valence-corrected chi connectivity index (χ2v) is 6.48. The van der Waals surface area contributed by atoms with Gasteiger partial charge in [0.1, 0.15) is 0 Å². The molecule has 0 bridgehead atoms. The van der Waals surface area contributed by atoms with Crippen molar-refractivity contribution >= 4 is 11.8 Å². The molecule has 18 heavy (non-hydrogen) atoms. The van der Waals surface area contributed by atoms with Crippen LogP contribution in [0, 0.1) is 5.41 Å². The van der Waals surface area contributed by atoms with Gasteiger partial charge in [0.2, 0.25) is 0 Å². The Labute approximate surface area is 110 Å². The molecule has 2 unspecified atom stereocenters. The van der Waals surface area contributed by atoms with Crippen LogP contribution in [0.3, 0.4) is 0 Å². The summed E-state index contributed by atoms with van der Waals surface area (Å²) in [4.78, 5) is 0.